The number of hydrogen-bond donors (Lipinski definition) is 2. The van der Waals surface area contributed by atoms with Crippen LogP contribution in [0.1, 0.15) is 45.1 Å². The third-order valence-corrected chi connectivity index (χ3v) is 10.4. The highest BCUT2D eigenvalue weighted by Gasteiger charge is 2.51. The number of nitrogen functional groups attached to an aromatic ring is 1. The van der Waals surface area contributed by atoms with Crippen molar-refractivity contribution in [2.75, 3.05) is 5.73 Å². The summed E-state index contributed by atoms with van der Waals surface area (Å²) >= 11 is 0. The van der Waals surface area contributed by atoms with Crippen molar-refractivity contribution in [2.45, 2.75) is 11.6 Å². The van der Waals surface area contributed by atoms with Gasteiger partial charge in [0.1, 0.15) is 23.5 Å². The van der Waals surface area contributed by atoms with Crippen LogP contribution >= 0.6 is 0 Å². The summed E-state index contributed by atoms with van der Waals surface area (Å²) in [6.45, 7) is 0. The minimum absolute atomic E-state index is 0.263. The van der Waals surface area contributed by atoms with Crippen LogP contribution < -0.4 is 15.8 Å². The Hall–Kier alpha value is -6.72. The predicted molar refractivity (Wildman–Crippen MR) is 206 cm³/mol. The van der Waals surface area contributed by atoms with E-state index in [1.165, 1.54) is 22.3 Å². The van der Waals surface area contributed by atoms with E-state index < -0.39 is 5.41 Å². The zero-order valence-electron chi connectivity index (χ0n) is 27.6. The van der Waals surface area contributed by atoms with Gasteiger partial charge in [-0.1, -0.05) is 152 Å². The molecule has 242 valence electrons. The van der Waals surface area contributed by atoms with Gasteiger partial charge in [0.25, 0.3) is 0 Å². The van der Waals surface area contributed by atoms with Crippen molar-refractivity contribution < 1.29 is 4.74 Å². The van der Waals surface area contributed by atoms with Gasteiger partial charge in [0.15, 0.2) is 5.84 Å². The summed E-state index contributed by atoms with van der Waals surface area (Å²) in [5.41, 5.74) is 19.2. The molecule has 7 aromatic rings. The molecule has 1 unspecified atom stereocenters. The average Bonchev–Trinajstić information content (AvgIpc) is 3.49. The smallest absolute Gasteiger partial charge is 0.159 e. The lowest BCUT2D eigenvalue weighted by Gasteiger charge is -2.39. The minimum Gasteiger partial charge on any atom is -0.457 e. The average molecular weight is 657 g/mol. The van der Waals surface area contributed by atoms with E-state index in [0.717, 1.165) is 56.3 Å². The molecule has 0 saturated heterocycles. The lowest BCUT2D eigenvalue weighted by molar-refractivity contribution is 0.437. The van der Waals surface area contributed by atoms with Crippen LogP contribution in [0.15, 0.2) is 180 Å². The summed E-state index contributed by atoms with van der Waals surface area (Å²) in [5, 5.41) is 3.58. The number of fused-ring (bicyclic) bond motifs is 9. The van der Waals surface area contributed by atoms with Crippen molar-refractivity contribution in [2.24, 2.45) is 9.98 Å². The largest absolute Gasteiger partial charge is 0.457 e. The number of benzene rings is 7. The Bertz CT molecular complexity index is 2490. The highest BCUT2D eigenvalue weighted by Crippen LogP contribution is 2.62. The molecule has 2 aliphatic heterocycles. The number of amidine groups is 2. The second-order valence-corrected chi connectivity index (χ2v) is 13.2. The Morgan fingerprint density at radius 3 is 1.80 bits per heavy atom. The number of hydrogen-bond acceptors (Lipinski definition) is 5. The minimum atomic E-state index is -0.555. The number of anilines is 1. The van der Waals surface area contributed by atoms with Crippen molar-refractivity contribution in [1.29, 1.82) is 0 Å². The molecule has 7 aromatic carbocycles. The van der Waals surface area contributed by atoms with Crippen LogP contribution in [-0.4, -0.2) is 11.7 Å². The highest BCUT2D eigenvalue weighted by molar-refractivity contribution is 6.13. The summed E-state index contributed by atoms with van der Waals surface area (Å²) in [4.78, 5) is 9.99. The van der Waals surface area contributed by atoms with Crippen molar-refractivity contribution in [3.05, 3.63) is 209 Å². The molecular weight excluding hydrogens is 625 g/mol. The third-order valence-electron chi connectivity index (χ3n) is 10.4. The van der Waals surface area contributed by atoms with Crippen molar-refractivity contribution in [1.82, 2.24) is 5.32 Å². The molecule has 3 aliphatic rings. The summed E-state index contributed by atoms with van der Waals surface area (Å²) in [6, 6.07) is 59.0. The summed E-state index contributed by atoms with van der Waals surface area (Å²) in [7, 11) is 0. The topological polar surface area (TPSA) is 72.0 Å². The summed E-state index contributed by atoms with van der Waals surface area (Å²) in [5.74, 6) is 3.09. The SMILES string of the molecule is Nc1cc2c(cc1-c1ccc(C3=NC(c4ccccc4)=NC(c4ccccc4)N3)cc1)C1(c3ccccc3O2)c2ccccc2-c2ccccc21. The van der Waals surface area contributed by atoms with E-state index in [4.69, 9.17) is 20.5 Å². The van der Waals surface area contributed by atoms with Crippen LogP contribution in [-0.2, 0) is 5.41 Å². The van der Waals surface area contributed by atoms with Gasteiger partial charge in [-0.25, -0.2) is 9.98 Å². The molecular formula is C46H32N4O. The van der Waals surface area contributed by atoms with Gasteiger partial charge < -0.3 is 15.8 Å². The molecule has 0 fully saturated rings. The lowest BCUT2D eigenvalue weighted by Crippen LogP contribution is -2.33. The first kappa shape index (κ1) is 29.2. The maximum atomic E-state index is 6.89. The molecule has 0 aromatic heterocycles. The Morgan fingerprint density at radius 2 is 1.10 bits per heavy atom. The van der Waals surface area contributed by atoms with Crippen molar-refractivity contribution in [3.8, 4) is 33.8 Å². The Balaban J connectivity index is 1.09. The molecule has 51 heavy (non-hydrogen) atoms. The number of aliphatic imine (C=N–C) groups is 2. The molecule has 5 nitrogen and oxygen atoms in total. The number of nitrogens with two attached hydrogens (primary N) is 1. The highest BCUT2D eigenvalue weighted by atomic mass is 16.5. The fourth-order valence-electron chi connectivity index (χ4n) is 8.09. The lowest BCUT2D eigenvalue weighted by atomic mass is 9.65. The molecule has 5 heteroatoms. The first-order valence-corrected chi connectivity index (χ1v) is 17.2. The van der Waals surface area contributed by atoms with Crippen LogP contribution in [0.5, 0.6) is 11.5 Å². The summed E-state index contributed by atoms with van der Waals surface area (Å²) in [6.07, 6.45) is -0.263. The van der Waals surface area contributed by atoms with Crippen LogP contribution in [0.4, 0.5) is 5.69 Å². The van der Waals surface area contributed by atoms with Gasteiger partial charge in [-0.2, -0.15) is 0 Å². The molecule has 2 heterocycles. The monoisotopic (exact) mass is 656 g/mol. The number of para-hydroxylation sites is 1. The second-order valence-electron chi connectivity index (χ2n) is 13.2. The Labute approximate surface area is 296 Å². The molecule has 0 bridgehead atoms. The van der Waals surface area contributed by atoms with Gasteiger partial charge in [0, 0.05) is 39.6 Å². The predicted octanol–water partition coefficient (Wildman–Crippen LogP) is 9.90. The van der Waals surface area contributed by atoms with Crippen LogP contribution in [0.2, 0.25) is 0 Å². The zero-order valence-corrected chi connectivity index (χ0v) is 27.6. The first-order chi connectivity index (χ1) is 25.2. The molecule has 10 rings (SSSR count). The quantitative estimate of drug-likeness (QED) is 0.185. The van der Waals surface area contributed by atoms with Crippen LogP contribution in [0.25, 0.3) is 22.3 Å². The van der Waals surface area contributed by atoms with Gasteiger partial charge >= 0.3 is 0 Å². The maximum Gasteiger partial charge on any atom is 0.159 e. The van der Waals surface area contributed by atoms with Crippen molar-refractivity contribution >= 4 is 17.4 Å². The molecule has 1 atom stereocenters. The number of rotatable bonds is 4. The zero-order chi connectivity index (χ0) is 33.9. The maximum absolute atomic E-state index is 6.89. The molecule has 1 spiro atoms. The number of nitrogens with one attached hydrogen (secondary N) is 1. The van der Waals surface area contributed by atoms with E-state index in [9.17, 15) is 0 Å². The first-order valence-electron chi connectivity index (χ1n) is 17.2. The van der Waals surface area contributed by atoms with Crippen LogP contribution in [0.3, 0.4) is 0 Å². The molecule has 0 saturated carbocycles. The van der Waals surface area contributed by atoms with Crippen molar-refractivity contribution in [3.63, 3.8) is 0 Å². The number of nitrogens with zero attached hydrogens (tertiary/aromatic N) is 2. The normalized spacial score (nSPS) is 16.0. The van der Waals surface area contributed by atoms with Gasteiger partial charge in [-0.15, -0.1) is 0 Å². The van der Waals surface area contributed by atoms with E-state index in [-0.39, 0.29) is 6.17 Å². The van der Waals surface area contributed by atoms with E-state index >= 15 is 0 Å². The summed E-state index contributed by atoms with van der Waals surface area (Å²) < 4.78 is 6.64. The van der Waals surface area contributed by atoms with E-state index in [2.05, 4.69) is 115 Å². The fourth-order valence-corrected chi connectivity index (χ4v) is 8.09. The van der Waals surface area contributed by atoms with E-state index in [0.29, 0.717) is 11.5 Å². The Morgan fingerprint density at radius 1 is 0.510 bits per heavy atom. The molecule has 0 radical (unpaired) electrons. The Kier molecular flexibility index (Phi) is 6.55. The third kappa shape index (κ3) is 4.48. The fraction of sp³-hybridized carbons (Fsp3) is 0.0435. The van der Waals surface area contributed by atoms with E-state index in [1.54, 1.807) is 0 Å². The number of ether oxygens (including phenoxy) is 1. The van der Waals surface area contributed by atoms with Gasteiger partial charge in [0.2, 0.25) is 0 Å². The van der Waals surface area contributed by atoms with Gasteiger partial charge in [-0.3, -0.25) is 0 Å². The molecule has 3 N–H and O–H groups in total. The second kappa shape index (κ2) is 11.4. The van der Waals surface area contributed by atoms with Gasteiger partial charge in [-0.05, 0) is 45.5 Å². The van der Waals surface area contributed by atoms with E-state index in [1.807, 2.05) is 60.7 Å². The molecule has 0 amide bonds. The van der Waals surface area contributed by atoms with Gasteiger partial charge in [0.05, 0.1) is 5.41 Å². The standard InChI is InChI=1S/C46H32N4O/c47-40-28-42-39(46(38-21-11-12-22-41(38)51-42)36-19-9-7-17-33(36)34-18-8-10-20-37(34)46)27-35(40)29-23-25-32(26-24-29)45-49-43(30-13-3-1-4-14-30)48-44(50-45)31-15-5-2-6-16-31/h1-28,43H,47H2,(H,48,49,50). The van der Waals surface area contributed by atoms with Crippen LogP contribution in [0, 0.1) is 0 Å². The molecule has 1 aliphatic carbocycles.